The number of amides is 1. The second-order valence-corrected chi connectivity index (χ2v) is 9.66. The van der Waals surface area contributed by atoms with E-state index >= 15 is 0 Å². The average molecular weight is 210 g/mol. The van der Waals surface area contributed by atoms with Gasteiger partial charge in [0.15, 0.2) is 0 Å². The summed E-state index contributed by atoms with van der Waals surface area (Å²) in [5.41, 5.74) is 3.28. The van der Waals surface area contributed by atoms with Gasteiger partial charge in [0.1, 0.15) is 20.2 Å². The summed E-state index contributed by atoms with van der Waals surface area (Å²) in [6, 6.07) is -0.0249. The highest BCUT2D eigenvalue weighted by Gasteiger charge is 2.39. The molecule has 0 saturated carbocycles. The standard InChI is InChI=1S/C10H18N2OSi/c1-12(2)9-8(11-10(9)13)6-7-14(3,4)5/h8-9H,1-5H3,(H,11,13)/t8-,9-/m0/s1. The van der Waals surface area contributed by atoms with Crippen LogP contribution in [0.3, 0.4) is 0 Å². The minimum absolute atomic E-state index is 0.0317. The third-order valence-electron chi connectivity index (χ3n) is 2.04. The molecule has 0 aromatic rings. The minimum atomic E-state index is -1.32. The highest BCUT2D eigenvalue weighted by Crippen LogP contribution is 2.10. The van der Waals surface area contributed by atoms with Crippen LogP contribution in [-0.2, 0) is 4.79 Å². The topological polar surface area (TPSA) is 32.3 Å². The van der Waals surface area contributed by atoms with Gasteiger partial charge in [0.25, 0.3) is 0 Å². The van der Waals surface area contributed by atoms with Gasteiger partial charge >= 0.3 is 0 Å². The molecule has 1 aliphatic rings. The van der Waals surface area contributed by atoms with Crippen LogP contribution in [0.4, 0.5) is 0 Å². The van der Waals surface area contributed by atoms with Gasteiger partial charge in [0.05, 0.1) is 0 Å². The zero-order chi connectivity index (χ0) is 10.9. The fourth-order valence-electron chi connectivity index (χ4n) is 1.31. The number of nitrogens with zero attached hydrogens (tertiary/aromatic N) is 1. The van der Waals surface area contributed by atoms with Crippen molar-refractivity contribution in [2.24, 2.45) is 0 Å². The molecule has 1 N–H and O–H groups in total. The van der Waals surface area contributed by atoms with Crippen LogP contribution >= 0.6 is 0 Å². The van der Waals surface area contributed by atoms with E-state index in [0.717, 1.165) is 0 Å². The number of nitrogens with one attached hydrogen (secondary N) is 1. The van der Waals surface area contributed by atoms with E-state index in [4.69, 9.17) is 0 Å². The summed E-state index contributed by atoms with van der Waals surface area (Å²) >= 11 is 0. The van der Waals surface area contributed by atoms with E-state index in [1.54, 1.807) is 0 Å². The van der Waals surface area contributed by atoms with Gasteiger partial charge in [-0.05, 0) is 14.1 Å². The number of likely N-dealkylation sites (N-methyl/N-ethyl adjacent to an activating group) is 1. The highest BCUT2D eigenvalue weighted by molar-refractivity contribution is 6.83. The summed E-state index contributed by atoms with van der Waals surface area (Å²) < 4.78 is 0. The quantitative estimate of drug-likeness (QED) is 0.383. The molecule has 3 nitrogen and oxygen atoms in total. The Morgan fingerprint density at radius 1 is 1.36 bits per heavy atom. The third kappa shape index (κ3) is 2.60. The van der Waals surface area contributed by atoms with Crippen LogP contribution in [0.1, 0.15) is 0 Å². The molecule has 0 radical (unpaired) electrons. The number of rotatable bonds is 1. The molecule has 0 unspecified atom stereocenters. The maximum atomic E-state index is 11.2. The van der Waals surface area contributed by atoms with Crippen LogP contribution in [0.15, 0.2) is 0 Å². The van der Waals surface area contributed by atoms with Crippen LogP contribution in [-0.4, -0.2) is 45.1 Å². The third-order valence-corrected chi connectivity index (χ3v) is 2.94. The Kier molecular flexibility index (Phi) is 3.03. The smallest absolute Gasteiger partial charge is 0.241 e. The van der Waals surface area contributed by atoms with Crippen LogP contribution in [0, 0.1) is 11.5 Å². The first kappa shape index (κ1) is 11.3. The number of carbonyl (C=O) groups excluding carboxylic acids is 1. The molecule has 1 saturated heterocycles. The summed E-state index contributed by atoms with van der Waals surface area (Å²) in [5, 5.41) is 2.81. The molecule has 4 heteroatoms. The molecule has 1 aliphatic heterocycles. The molecule has 0 bridgehead atoms. The van der Waals surface area contributed by atoms with Crippen molar-refractivity contribution >= 4 is 14.0 Å². The first-order chi connectivity index (χ1) is 6.31. The molecular weight excluding hydrogens is 192 g/mol. The van der Waals surface area contributed by atoms with Crippen molar-refractivity contribution in [2.75, 3.05) is 14.1 Å². The van der Waals surface area contributed by atoms with E-state index in [1.807, 2.05) is 19.0 Å². The van der Waals surface area contributed by atoms with E-state index in [0.29, 0.717) is 0 Å². The number of β-lactam (4-membered cyclic amide) rings is 1. The zero-order valence-electron chi connectivity index (χ0n) is 9.51. The predicted octanol–water partition coefficient (Wildman–Crippen LogP) is 0.296. The minimum Gasteiger partial charge on any atom is -0.339 e. The van der Waals surface area contributed by atoms with Crippen molar-refractivity contribution < 1.29 is 4.79 Å². The fraction of sp³-hybridized carbons (Fsp3) is 0.700. The van der Waals surface area contributed by atoms with Crippen molar-refractivity contribution in [1.82, 2.24) is 10.2 Å². The van der Waals surface area contributed by atoms with Gasteiger partial charge in [-0.3, -0.25) is 9.69 Å². The molecule has 0 aromatic heterocycles. The largest absolute Gasteiger partial charge is 0.339 e. The second-order valence-electron chi connectivity index (χ2n) is 4.91. The summed E-state index contributed by atoms with van der Waals surface area (Å²) in [7, 11) is 2.50. The number of hydrogen-bond acceptors (Lipinski definition) is 2. The van der Waals surface area contributed by atoms with E-state index in [1.165, 1.54) is 0 Å². The lowest BCUT2D eigenvalue weighted by Crippen LogP contribution is -2.67. The molecule has 0 aromatic carbocycles. The summed E-state index contributed by atoms with van der Waals surface area (Å²) in [4.78, 5) is 13.1. The Balaban J connectivity index is 2.63. The zero-order valence-corrected chi connectivity index (χ0v) is 10.5. The average Bonchev–Trinajstić information content (AvgIpc) is 1.93. The van der Waals surface area contributed by atoms with Crippen molar-refractivity contribution in [2.45, 2.75) is 31.7 Å². The molecule has 0 aliphatic carbocycles. The van der Waals surface area contributed by atoms with Crippen LogP contribution < -0.4 is 5.32 Å². The molecule has 14 heavy (non-hydrogen) atoms. The van der Waals surface area contributed by atoms with Crippen LogP contribution in [0.2, 0.25) is 19.6 Å². The molecular formula is C10H18N2OSi. The van der Waals surface area contributed by atoms with Gasteiger partial charge < -0.3 is 5.32 Å². The first-order valence-corrected chi connectivity index (χ1v) is 8.31. The van der Waals surface area contributed by atoms with E-state index in [-0.39, 0.29) is 18.0 Å². The fourth-order valence-corrected chi connectivity index (χ4v) is 1.90. The van der Waals surface area contributed by atoms with E-state index in [2.05, 4.69) is 36.4 Å². The lowest BCUT2D eigenvalue weighted by atomic mass is 9.99. The number of carbonyl (C=O) groups is 1. The van der Waals surface area contributed by atoms with Crippen LogP contribution in [0.25, 0.3) is 0 Å². The molecule has 0 spiro atoms. The summed E-state index contributed by atoms with van der Waals surface area (Å²) in [5.74, 6) is 3.25. The number of hydrogen-bond donors (Lipinski definition) is 1. The Hall–Kier alpha value is -0.793. The van der Waals surface area contributed by atoms with Gasteiger partial charge in [0, 0.05) is 0 Å². The highest BCUT2D eigenvalue weighted by atomic mass is 28.3. The predicted molar refractivity (Wildman–Crippen MR) is 60.5 cm³/mol. The Bertz CT molecular complexity index is 295. The van der Waals surface area contributed by atoms with Gasteiger partial charge in [-0.1, -0.05) is 25.6 Å². The Morgan fingerprint density at radius 3 is 2.29 bits per heavy atom. The lowest BCUT2D eigenvalue weighted by Gasteiger charge is -2.37. The van der Waals surface area contributed by atoms with Crippen molar-refractivity contribution in [3.63, 3.8) is 0 Å². The van der Waals surface area contributed by atoms with E-state index in [9.17, 15) is 4.79 Å². The van der Waals surface area contributed by atoms with Gasteiger partial charge in [-0.25, -0.2) is 0 Å². The molecule has 2 atom stereocenters. The molecule has 1 amide bonds. The van der Waals surface area contributed by atoms with E-state index < -0.39 is 8.07 Å². The first-order valence-electron chi connectivity index (χ1n) is 4.81. The monoisotopic (exact) mass is 210 g/mol. The van der Waals surface area contributed by atoms with Crippen molar-refractivity contribution in [1.29, 1.82) is 0 Å². The normalized spacial score (nSPS) is 26.3. The Morgan fingerprint density at radius 2 is 1.93 bits per heavy atom. The maximum Gasteiger partial charge on any atom is 0.241 e. The molecule has 1 fully saturated rings. The summed E-state index contributed by atoms with van der Waals surface area (Å²) in [6.45, 7) is 6.60. The second kappa shape index (κ2) is 3.75. The Labute approximate surface area is 86.9 Å². The summed E-state index contributed by atoms with van der Waals surface area (Å²) in [6.07, 6.45) is 0. The molecule has 1 heterocycles. The van der Waals surface area contributed by atoms with Crippen molar-refractivity contribution in [3.8, 4) is 11.5 Å². The van der Waals surface area contributed by atoms with Crippen molar-refractivity contribution in [3.05, 3.63) is 0 Å². The van der Waals surface area contributed by atoms with Crippen LogP contribution in [0.5, 0.6) is 0 Å². The van der Waals surface area contributed by atoms with Gasteiger partial charge in [-0.15, -0.1) is 5.54 Å². The molecule has 1 rings (SSSR count). The SMILES string of the molecule is CN(C)[C@@H]1C(=O)N[C@H]1C#C[Si](C)(C)C. The van der Waals surface area contributed by atoms with Gasteiger partial charge in [-0.2, -0.15) is 0 Å². The maximum absolute atomic E-state index is 11.2. The molecule has 78 valence electrons. The lowest BCUT2D eigenvalue weighted by molar-refractivity contribution is -0.133. The van der Waals surface area contributed by atoms with Gasteiger partial charge in [0.2, 0.25) is 5.91 Å².